The predicted molar refractivity (Wildman–Crippen MR) is 94.8 cm³/mol. The van der Waals surface area contributed by atoms with Crippen LogP contribution in [0.3, 0.4) is 0 Å². The maximum absolute atomic E-state index is 12.0. The number of carboxylic acid groups (broad SMARTS) is 1. The quantitative estimate of drug-likeness (QED) is 0.691. The van der Waals surface area contributed by atoms with Crippen molar-refractivity contribution in [2.75, 3.05) is 11.1 Å². The Morgan fingerprint density at radius 1 is 1.25 bits per heavy atom. The summed E-state index contributed by atoms with van der Waals surface area (Å²) in [5.74, 6) is -1.48. The largest absolute Gasteiger partial charge is 0.545 e. The molecule has 0 spiro atoms. The Bertz CT molecular complexity index is 894. The van der Waals surface area contributed by atoms with Crippen LogP contribution in [0.15, 0.2) is 46.8 Å². The molecule has 122 valence electrons. The summed E-state index contributed by atoms with van der Waals surface area (Å²) in [6, 6.07) is 12.0. The van der Waals surface area contributed by atoms with E-state index in [1.54, 1.807) is 0 Å². The number of hydrogen-bond donors (Lipinski definition) is 1. The van der Waals surface area contributed by atoms with E-state index in [9.17, 15) is 14.7 Å². The van der Waals surface area contributed by atoms with E-state index in [4.69, 9.17) is 11.6 Å². The predicted octanol–water partition coefficient (Wildman–Crippen LogP) is 3.04. The monoisotopic (exact) mass is 377 g/mol. The lowest BCUT2D eigenvalue weighted by atomic mass is 10.2. The van der Waals surface area contributed by atoms with Gasteiger partial charge >= 0.3 is 0 Å². The molecule has 1 amide bonds. The number of anilines is 1. The lowest BCUT2D eigenvalue weighted by Gasteiger charge is -2.09. The van der Waals surface area contributed by atoms with E-state index < -0.39 is 5.97 Å². The van der Waals surface area contributed by atoms with Crippen LogP contribution in [0.5, 0.6) is 0 Å². The van der Waals surface area contributed by atoms with E-state index in [-0.39, 0.29) is 22.2 Å². The van der Waals surface area contributed by atoms with Crippen LogP contribution in [-0.4, -0.2) is 22.6 Å². The molecule has 1 N–H and O–H groups in total. The van der Waals surface area contributed by atoms with Gasteiger partial charge in [-0.1, -0.05) is 35.5 Å². The number of carbonyl (C=O) groups excluding carboxylic acids is 2. The first-order valence-corrected chi connectivity index (χ1v) is 9.00. The third-order valence-electron chi connectivity index (χ3n) is 3.07. The van der Waals surface area contributed by atoms with E-state index in [2.05, 4.69) is 10.3 Å². The summed E-state index contributed by atoms with van der Waals surface area (Å²) >= 11 is 8.61. The van der Waals surface area contributed by atoms with Crippen molar-refractivity contribution < 1.29 is 14.7 Å². The van der Waals surface area contributed by atoms with Crippen molar-refractivity contribution in [3.05, 3.63) is 53.1 Å². The fourth-order valence-electron chi connectivity index (χ4n) is 2.00. The average Bonchev–Trinajstić information content (AvgIpc) is 2.97. The maximum Gasteiger partial charge on any atom is 0.234 e. The van der Waals surface area contributed by atoms with Gasteiger partial charge in [0.2, 0.25) is 5.91 Å². The molecule has 0 saturated heterocycles. The number of carboxylic acids is 1. The highest BCUT2D eigenvalue weighted by atomic mass is 35.5. The maximum atomic E-state index is 12.0. The number of aromatic carboxylic acids is 1. The number of fused-ring (bicyclic) bond motifs is 1. The van der Waals surface area contributed by atoms with E-state index in [1.807, 2.05) is 24.3 Å². The van der Waals surface area contributed by atoms with Crippen molar-refractivity contribution in [3.63, 3.8) is 0 Å². The first-order chi connectivity index (χ1) is 11.5. The zero-order valence-electron chi connectivity index (χ0n) is 12.1. The highest BCUT2D eigenvalue weighted by molar-refractivity contribution is 8.01. The van der Waals surface area contributed by atoms with Crippen LogP contribution in [0, 0.1) is 0 Å². The van der Waals surface area contributed by atoms with E-state index in [1.165, 1.54) is 41.3 Å². The van der Waals surface area contributed by atoms with Gasteiger partial charge in [0, 0.05) is 16.3 Å². The molecule has 0 radical (unpaired) electrons. The van der Waals surface area contributed by atoms with Crippen molar-refractivity contribution in [1.29, 1.82) is 0 Å². The summed E-state index contributed by atoms with van der Waals surface area (Å²) in [6.45, 7) is 0. The molecule has 0 unspecified atom stereocenters. The minimum Gasteiger partial charge on any atom is -0.545 e. The van der Waals surface area contributed by atoms with E-state index in [0.29, 0.717) is 5.69 Å². The Balaban J connectivity index is 1.63. The van der Waals surface area contributed by atoms with Gasteiger partial charge in [0.25, 0.3) is 0 Å². The third kappa shape index (κ3) is 3.87. The Hall–Kier alpha value is -2.09. The number of benzene rings is 2. The van der Waals surface area contributed by atoms with Crippen LogP contribution in [0.4, 0.5) is 5.69 Å². The van der Waals surface area contributed by atoms with Crippen LogP contribution in [0.25, 0.3) is 10.2 Å². The number of halogens is 1. The number of nitrogens with zero attached hydrogens (tertiary/aromatic N) is 1. The van der Waals surface area contributed by atoms with Gasteiger partial charge < -0.3 is 15.2 Å². The van der Waals surface area contributed by atoms with Gasteiger partial charge in [0.05, 0.1) is 21.9 Å². The topological polar surface area (TPSA) is 82.1 Å². The van der Waals surface area contributed by atoms with Crippen molar-refractivity contribution in [3.8, 4) is 0 Å². The number of hydrogen-bond acceptors (Lipinski definition) is 6. The Kier molecular flexibility index (Phi) is 5.03. The number of rotatable bonds is 5. The van der Waals surface area contributed by atoms with Crippen LogP contribution in [-0.2, 0) is 4.79 Å². The molecule has 0 saturated carbocycles. The van der Waals surface area contributed by atoms with Crippen LogP contribution in [0.2, 0.25) is 5.02 Å². The van der Waals surface area contributed by atoms with Crippen LogP contribution < -0.4 is 10.4 Å². The summed E-state index contributed by atoms with van der Waals surface area (Å²) < 4.78 is 1.87. The smallest absolute Gasteiger partial charge is 0.234 e. The molecule has 24 heavy (non-hydrogen) atoms. The second kappa shape index (κ2) is 7.21. The summed E-state index contributed by atoms with van der Waals surface area (Å²) in [6.07, 6.45) is 0. The molecular weight excluding hydrogens is 368 g/mol. The second-order valence-corrected chi connectivity index (χ2v) is 7.43. The first-order valence-electron chi connectivity index (χ1n) is 6.82. The Morgan fingerprint density at radius 2 is 2.04 bits per heavy atom. The van der Waals surface area contributed by atoms with E-state index >= 15 is 0 Å². The van der Waals surface area contributed by atoms with Gasteiger partial charge in [-0.3, -0.25) is 4.79 Å². The fraction of sp³-hybridized carbons (Fsp3) is 0.0625. The summed E-state index contributed by atoms with van der Waals surface area (Å²) in [5, 5.41) is 13.6. The molecular formula is C16H10ClN2O3S2-. The third-order valence-corrected chi connectivity index (χ3v) is 5.58. The van der Waals surface area contributed by atoms with Gasteiger partial charge in [-0.15, -0.1) is 11.3 Å². The highest BCUT2D eigenvalue weighted by Gasteiger charge is 2.09. The molecule has 0 fully saturated rings. The molecule has 0 bridgehead atoms. The molecule has 0 aliphatic carbocycles. The molecule has 0 aliphatic heterocycles. The highest BCUT2D eigenvalue weighted by Crippen LogP contribution is 2.29. The summed E-state index contributed by atoms with van der Waals surface area (Å²) in [7, 11) is 0. The molecule has 3 rings (SSSR count). The zero-order valence-corrected chi connectivity index (χ0v) is 14.5. The zero-order chi connectivity index (χ0) is 17.1. The van der Waals surface area contributed by atoms with Crippen molar-refractivity contribution >= 4 is 62.5 Å². The van der Waals surface area contributed by atoms with Gasteiger partial charge in [-0.05, 0) is 30.3 Å². The first kappa shape index (κ1) is 16.8. The lowest BCUT2D eigenvalue weighted by molar-refractivity contribution is -0.255. The number of para-hydroxylation sites is 1. The Labute approximate surface area is 150 Å². The van der Waals surface area contributed by atoms with Gasteiger partial charge in [0.15, 0.2) is 4.34 Å². The number of nitrogens with one attached hydrogen (secondary N) is 1. The van der Waals surface area contributed by atoms with Gasteiger partial charge in [-0.2, -0.15) is 0 Å². The number of amides is 1. The molecule has 2 aromatic carbocycles. The van der Waals surface area contributed by atoms with E-state index in [0.717, 1.165) is 14.6 Å². The molecule has 0 aliphatic rings. The number of thiazole rings is 1. The van der Waals surface area contributed by atoms with Gasteiger partial charge in [0.1, 0.15) is 0 Å². The molecule has 1 heterocycles. The van der Waals surface area contributed by atoms with Crippen LogP contribution >= 0.6 is 34.7 Å². The van der Waals surface area contributed by atoms with Crippen molar-refractivity contribution in [1.82, 2.24) is 4.98 Å². The molecule has 1 aromatic heterocycles. The van der Waals surface area contributed by atoms with Crippen molar-refractivity contribution in [2.24, 2.45) is 0 Å². The number of carbonyl (C=O) groups is 2. The molecule has 0 atom stereocenters. The average molecular weight is 378 g/mol. The number of thioether (sulfide) groups is 1. The minimum atomic E-state index is -1.39. The molecule has 3 aromatic rings. The fourth-order valence-corrected chi connectivity index (χ4v) is 4.06. The standard InChI is InChI=1S/C16H11ClN2O3S2/c17-11-6-5-9(7-10(11)15(21)22)18-14(20)8-23-16-19-12-3-1-2-4-13(12)24-16/h1-7H,8H2,(H,18,20)(H,21,22)/p-1. The lowest BCUT2D eigenvalue weighted by Crippen LogP contribution is -2.23. The van der Waals surface area contributed by atoms with Crippen LogP contribution in [0.1, 0.15) is 10.4 Å². The summed E-state index contributed by atoms with van der Waals surface area (Å²) in [5.41, 5.74) is 1.10. The van der Waals surface area contributed by atoms with Gasteiger partial charge in [-0.25, -0.2) is 4.98 Å². The molecule has 5 nitrogen and oxygen atoms in total. The Morgan fingerprint density at radius 3 is 2.79 bits per heavy atom. The normalized spacial score (nSPS) is 10.7. The molecule has 8 heteroatoms. The minimum absolute atomic E-state index is 0.0665. The number of aromatic nitrogens is 1. The summed E-state index contributed by atoms with van der Waals surface area (Å²) in [4.78, 5) is 27.4. The van der Waals surface area contributed by atoms with Crippen molar-refractivity contribution in [2.45, 2.75) is 4.34 Å². The second-order valence-electron chi connectivity index (χ2n) is 4.77. The SMILES string of the molecule is O=C(CSc1nc2ccccc2s1)Nc1ccc(Cl)c(C(=O)[O-])c1.